The van der Waals surface area contributed by atoms with Crippen molar-refractivity contribution in [3.05, 3.63) is 90.5 Å². The van der Waals surface area contributed by atoms with E-state index < -0.39 is 133 Å². The zero-order valence-corrected chi connectivity index (χ0v) is 38.4. The molecule has 65 heavy (non-hydrogen) atoms. The Labute approximate surface area is 383 Å². The summed E-state index contributed by atoms with van der Waals surface area (Å²) in [6, 6.07) is 4.47. The van der Waals surface area contributed by atoms with Gasteiger partial charge in [0, 0.05) is 32.7 Å². The summed E-state index contributed by atoms with van der Waals surface area (Å²) in [4.78, 5) is 18.7. The molecule has 12 nitrogen and oxygen atoms in total. The Morgan fingerprint density at radius 2 is 1.66 bits per heavy atom. The van der Waals surface area contributed by atoms with Gasteiger partial charge >= 0.3 is 6.18 Å². The maximum Gasteiger partial charge on any atom is 0.408 e. The number of nitrogens with zero attached hydrogens (tertiary/aromatic N) is 5. The minimum Gasteiger partial charge on any atom is -0.346 e. The van der Waals surface area contributed by atoms with Crippen LogP contribution in [0.5, 0.6) is 0 Å². The van der Waals surface area contributed by atoms with E-state index >= 15 is 8.78 Å². The molecular formula is C40H34ClF9IN7O5S2. The number of aromatic nitrogens is 5. The highest BCUT2D eigenvalue weighted by Crippen LogP contribution is 2.46. The Bertz CT molecular complexity index is 3040. The summed E-state index contributed by atoms with van der Waals surface area (Å²) < 4.78 is 183. The average Bonchev–Trinajstić information content (AvgIpc) is 3.79. The summed E-state index contributed by atoms with van der Waals surface area (Å²) in [6.45, 7) is -0.137. The second kappa shape index (κ2) is 17.2. The minimum atomic E-state index is -4.96. The third-order valence-corrected chi connectivity index (χ3v) is 15.1. The number of carbonyl (C=O) groups excluding carboxylic acids is 1. The van der Waals surface area contributed by atoms with Crippen LogP contribution in [0.2, 0.25) is 5.02 Å². The number of anilines is 1. The van der Waals surface area contributed by atoms with Crippen molar-refractivity contribution >= 4 is 76.7 Å². The summed E-state index contributed by atoms with van der Waals surface area (Å²) in [5.41, 5.74) is -3.61. The lowest BCUT2D eigenvalue weighted by molar-refractivity contribution is -0.141. The number of pyridine rings is 1. The first-order chi connectivity index (χ1) is 30.0. The lowest BCUT2D eigenvalue weighted by Gasteiger charge is -2.24. The minimum absolute atomic E-state index is 0.130. The van der Waals surface area contributed by atoms with Gasteiger partial charge in [-0.15, -0.1) is 0 Å². The molecule has 2 aliphatic rings. The zero-order chi connectivity index (χ0) is 47.8. The standard InChI is InChI=1S/C40H34ClF9IN7O5S2/c1-38(2,65(62,63)22-4-5-22)10-9-28-27(51)16-25(23-6-7-26(41)31-34(23)58(18-40(48,49)50)55-37(31)56-64(3,60)61)32(53-28)29(14-19-12-20(42)15-21(43)13-19)52-30(59)17-57-35-24(8-11-39(35,46)47)33(54-57)36(44)45/h6-7,12-13,15-16,22,29,36H,4-5,8,11,14,17-18H2,1-3H3,(H,52,59)(H,55,56)/t29-/m0/s1. The summed E-state index contributed by atoms with van der Waals surface area (Å²) in [7, 11) is -7.99. The predicted octanol–water partition coefficient (Wildman–Crippen LogP) is 8.55. The van der Waals surface area contributed by atoms with Gasteiger partial charge in [0.25, 0.3) is 12.3 Å². The molecule has 5 aromatic rings. The van der Waals surface area contributed by atoms with Gasteiger partial charge in [-0.05, 0) is 97.9 Å². The molecule has 1 atom stereocenters. The fourth-order valence-corrected chi connectivity index (χ4v) is 10.7. The van der Waals surface area contributed by atoms with E-state index in [1.54, 1.807) is 22.6 Å². The number of carbonyl (C=O) groups is 1. The van der Waals surface area contributed by atoms with Crippen LogP contribution in [-0.4, -0.2) is 69.7 Å². The van der Waals surface area contributed by atoms with E-state index in [4.69, 9.17) is 11.6 Å². The summed E-state index contributed by atoms with van der Waals surface area (Å²) in [5, 5.41) is 8.85. The molecule has 0 radical (unpaired) electrons. The first-order valence-electron chi connectivity index (χ1n) is 19.3. The zero-order valence-electron chi connectivity index (χ0n) is 33.9. The van der Waals surface area contributed by atoms with Crippen molar-refractivity contribution in [2.45, 2.75) is 93.6 Å². The predicted molar refractivity (Wildman–Crippen MR) is 228 cm³/mol. The molecule has 0 aliphatic heterocycles. The van der Waals surface area contributed by atoms with Gasteiger partial charge in [-0.25, -0.2) is 39.4 Å². The number of alkyl halides is 7. The number of fused-ring (bicyclic) bond motifs is 2. The van der Waals surface area contributed by atoms with Crippen LogP contribution in [0.15, 0.2) is 36.4 Å². The monoisotopic (exact) mass is 1090 g/mol. The van der Waals surface area contributed by atoms with Crippen LogP contribution in [0, 0.1) is 27.0 Å². The van der Waals surface area contributed by atoms with Gasteiger partial charge in [0.05, 0.1) is 39.2 Å². The van der Waals surface area contributed by atoms with Crippen molar-refractivity contribution in [3.63, 3.8) is 0 Å². The van der Waals surface area contributed by atoms with Crippen molar-refractivity contribution in [1.82, 2.24) is 29.9 Å². The average molecular weight is 1090 g/mol. The summed E-state index contributed by atoms with van der Waals surface area (Å²) in [5.74, 6) is -2.09. The number of hydrogen-bond acceptors (Lipinski definition) is 8. The van der Waals surface area contributed by atoms with Crippen LogP contribution in [0.1, 0.15) is 79.5 Å². The second-order valence-corrected chi connectivity index (χ2v) is 22.1. The Morgan fingerprint density at radius 1 is 1.00 bits per heavy atom. The molecule has 7 rings (SSSR count). The Hall–Kier alpha value is -4.61. The molecule has 0 spiro atoms. The molecule has 0 saturated heterocycles. The molecular weight excluding hydrogens is 1060 g/mol. The maximum absolute atomic E-state index is 15.1. The number of amides is 1. The Kier molecular flexibility index (Phi) is 12.8. The lowest BCUT2D eigenvalue weighted by Crippen LogP contribution is -2.35. The topological polar surface area (TPSA) is 158 Å². The molecule has 25 heteroatoms. The van der Waals surface area contributed by atoms with E-state index in [0.29, 0.717) is 28.3 Å². The number of hydrogen-bond donors (Lipinski definition) is 2. The van der Waals surface area contributed by atoms with Crippen LogP contribution in [-0.2, 0) is 56.5 Å². The van der Waals surface area contributed by atoms with Crippen LogP contribution < -0.4 is 10.0 Å². The summed E-state index contributed by atoms with van der Waals surface area (Å²) >= 11 is 8.29. The number of sulfone groups is 1. The highest BCUT2D eigenvalue weighted by Gasteiger charge is 2.47. The molecule has 3 heterocycles. The first kappa shape index (κ1) is 48.3. The van der Waals surface area contributed by atoms with Gasteiger partial charge < -0.3 is 5.32 Å². The van der Waals surface area contributed by atoms with E-state index in [0.717, 1.165) is 18.4 Å². The normalized spacial score (nSPS) is 15.8. The molecule has 0 bridgehead atoms. The van der Waals surface area contributed by atoms with Crippen molar-refractivity contribution in [3.8, 4) is 23.0 Å². The lowest BCUT2D eigenvalue weighted by atomic mass is 9.93. The fourth-order valence-electron chi connectivity index (χ4n) is 7.60. The molecule has 2 aromatic carbocycles. The van der Waals surface area contributed by atoms with E-state index in [9.17, 15) is 52.4 Å². The smallest absolute Gasteiger partial charge is 0.346 e. The summed E-state index contributed by atoms with van der Waals surface area (Å²) in [6.07, 6.45) is -8.55. The van der Waals surface area contributed by atoms with E-state index in [-0.39, 0.29) is 42.1 Å². The first-order valence-corrected chi connectivity index (χ1v) is 24.2. The highest BCUT2D eigenvalue weighted by molar-refractivity contribution is 14.1. The Morgan fingerprint density at radius 3 is 2.26 bits per heavy atom. The fraction of sp³-hybridized carbons (Fsp3) is 0.400. The molecule has 2 aliphatic carbocycles. The van der Waals surface area contributed by atoms with Crippen LogP contribution in [0.25, 0.3) is 22.0 Å². The van der Waals surface area contributed by atoms with Gasteiger partial charge in [0.2, 0.25) is 15.9 Å². The number of rotatable bonds is 13. The van der Waals surface area contributed by atoms with Gasteiger partial charge in [-0.2, -0.15) is 32.1 Å². The quantitative estimate of drug-likeness (QED) is 0.0675. The number of nitrogens with one attached hydrogen (secondary N) is 2. The van der Waals surface area contributed by atoms with Gasteiger partial charge in [-0.3, -0.25) is 18.9 Å². The molecule has 0 unspecified atom stereocenters. The van der Waals surface area contributed by atoms with Gasteiger partial charge in [0.1, 0.15) is 46.6 Å². The van der Waals surface area contributed by atoms with Crippen molar-refractivity contribution in [2.75, 3.05) is 11.0 Å². The van der Waals surface area contributed by atoms with Gasteiger partial charge in [0.15, 0.2) is 15.7 Å². The highest BCUT2D eigenvalue weighted by atomic mass is 127. The van der Waals surface area contributed by atoms with E-state index in [2.05, 4.69) is 37.1 Å². The molecule has 1 fully saturated rings. The number of halogens is 11. The third kappa shape index (κ3) is 10.2. The number of sulfonamides is 1. The Balaban J connectivity index is 1.48. The molecule has 348 valence electrons. The van der Waals surface area contributed by atoms with Crippen LogP contribution in [0.4, 0.5) is 45.3 Å². The van der Waals surface area contributed by atoms with E-state index in [1.165, 1.54) is 32.0 Å². The van der Waals surface area contributed by atoms with Gasteiger partial charge in [-0.1, -0.05) is 23.6 Å². The molecule has 3 aromatic heterocycles. The SMILES string of the molecule is CC(C)(C#Cc1nc([C@H](Cc2cc(F)cc(F)c2)NC(=O)Cn2nc(C(F)F)c3c2C(F)(F)CC3)c(-c2ccc(Cl)c3c(NS(C)(=O)=O)nn(CC(F)(F)F)c23)cc1I)S(=O)(=O)C1CC1. The second-order valence-electron chi connectivity index (χ2n) is 16.0. The largest absolute Gasteiger partial charge is 0.408 e. The third-order valence-electron chi connectivity index (χ3n) is 10.6. The molecule has 1 amide bonds. The van der Waals surface area contributed by atoms with E-state index in [1.807, 2.05) is 0 Å². The molecule has 2 N–H and O–H groups in total. The van der Waals surface area contributed by atoms with Crippen molar-refractivity contribution in [1.29, 1.82) is 0 Å². The van der Waals surface area contributed by atoms with Crippen LogP contribution >= 0.6 is 34.2 Å². The van der Waals surface area contributed by atoms with Crippen molar-refractivity contribution in [2.24, 2.45) is 0 Å². The van der Waals surface area contributed by atoms with Crippen LogP contribution in [0.3, 0.4) is 0 Å². The molecule has 1 saturated carbocycles. The van der Waals surface area contributed by atoms with Crippen molar-refractivity contribution < 1.29 is 61.1 Å². The number of benzene rings is 2. The maximum atomic E-state index is 15.1.